The fourth-order valence-electron chi connectivity index (χ4n) is 1.99. The van der Waals surface area contributed by atoms with Crippen LogP contribution in [0.2, 0.25) is 0 Å². The Morgan fingerprint density at radius 1 is 1.50 bits per heavy atom. The Kier molecular flexibility index (Phi) is 5.31. The molecule has 0 saturated carbocycles. The predicted octanol–water partition coefficient (Wildman–Crippen LogP) is 0.852. The molecule has 1 aromatic carbocycles. The Labute approximate surface area is 123 Å². The Balaban J connectivity index is 1.79. The van der Waals surface area contributed by atoms with Gasteiger partial charge in [-0.2, -0.15) is 0 Å². The van der Waals surface area contributed by atoms with Crippen LogP contribution in [0.15, 0.2) is 24.3 Å². The second-order valence-electron chi connectivity index (χ2n) is 4.68. The number of carbonyl (C=O) groups is 1. The van der Waals surface area contributed by atoms with Gasteiger partial charge in [0, 0.05) is 19.1 Å². The average molecular weight is 294 g/mol. The van der Waals surface area contributed by atoms with Crippen LogP contribution >= 0.6 is 12.2 Å². The molecule has 1 unspecified atom stereocenters. The first-order valence-electron chi connectivity index (χ1n) is 6.53. The van der Waals surface area contributed by atoms with E-state index in [1.54, 1.807) is 12.1 Å². The highest BCUT2D eigenvalue weighted by molar-refractivity contribution is 7.80. The van der Waals surface area contributed by atoms with Crippen molar-refractivity contribution in [1.29, 1.82) is 0 Å². The van der Waals surface area contributed by atoms with Crippen LogP contribution in [0.5, 0.6) is 5.75 Å². The highest BCUT2D eigenvalue weighted by Crippen LogP contribution is 2.17. The van der Waals surface area contributed by atoms with E-state index >= 15 is 0 Å². The van der Waals surface area contributed by atoms with E-state index in [0.717, 1.165) is 13.0 Å². The van der Waals surface area contributed by atoms with Crippen LogP contribution in [0.4, 0.5) is 0 Å². The van der Waals surface area contributed by atoms with Crippen molar-refractivity contribution in [3.63, 3.8) is 0 Å². The van der Waals surface area contributed by atoms with Crippen LogP contribution in [-0.2, 0) is 9.53 Å². The molecule has 0 bridgehead atoms. The first-order chi connectivity index (χ1) is 9.66. The van der Waals surface area contributed by atoms with E-state index in [1.165, 1.54) is 0 Å². The summed E-state index contributed by atoms with van der Waals surface area (Å²) >= 11 is 4.94. The van der Waals surface area contributed by atoms with Gasteiger partial charge in [0.1, 0.15) is 10.7 Å². The summed E-state index contributed by atoms with van der Waals surface area (Å²) in [6.07, 6.45) is 0.991. The van der Waals surface area contributed by atoms with E-state index in [9.17, 15) is 4.79 Å². The lowest BCUT2D eigenvalue weighted by Crippen LogP contribution is -2.33. The van der Waals surface area contributed by atoms with Gasteiger partial charge in [-0.1, -0.05) is 24.4 Å². The van der Waals surface area contributed by atoms with Crippen molar-refractivity contribution in [3.05, 3.63) is 29.8 Å². The summed E-state index contributed by atoms with van der Waals surface area (Å²) in [7, 11) is 0. The summed E-state index contributed by atoms with van der Waals surface area (Å²) in [5.74, 6) is 0.775. The van der Waals surface area contributed by atoms with Gasteiger partial charge in [-0.25, -0.2) is 0 Å². The summed E-state index contributed by atoms with van der Waals surface area (Å²) in [6, 6.07) is 7.14. The molecule has 3 N–H and O–H groups in total. The zero-order valence-electron chi connectivity index (χ0n) is 11.1. The fourth-order valence-corrected chi connectivity index (χ4v) is 2.16. The topological polar surface area (TPSA) is 73.6 Å². The van der Waals surface area contributed by atoms with Gasteiger partial charge in [0.15, 0.2) is 6.61 Å². The van der Waals surface area contributed by atoms with Crippen molar-refractivity contribution in [3.8, 4) is 5.75 Å². The zero-order chi connectivity index (χ0) is 14.4. The number of amides is 1. The number of hydrogen-bond acceptors (Lipinski definition) is 4. The monoisotopic (exact) mass is 294 g/mol. The normalized spacial score (nSPS) is 17.7. The van der Waals surface area contributed by atoms with Crippen molar-refractivity contribution >= 4 is 23.1 Å². The lowest BCUT2D eigenvalue weighted by molar-refractivity contribution is -0.123. The molecular formula is C14H18N2O3S. The van der Waals surface area contributed by atoms with E-state index < -0.39 is 0 Å². The van der Waals surface area contributed by atoms with Crippen LogP contribution in [0.3, 0.4) is 0 Å². The Morgan fingerprint density at radius 3 is 3.00 bits per heavy atom. The molecule has 1 atom stereocenters. The molecular weight excluding hydrogens is 276 g/mol. The molecule has 1 aromatic rings. The number of para-hydroxylation sites is 1. The van der Waals surface area contributed by atoms with Gasteiger partial charge in [-0.15, -0.1) is 0 Å². The van der Waals surface area contributed by atoms with Crippen LogP contribution in [0, 0.1) is 5.92 Å². The van der Waals surface area contributed by atoms with Gasteiger partial charge < -0.3 is 20.5 Å². The van der Waals surface area contributed by atoms with Gasteiger partial charge in [0.25, 0.3) is 5.91 Å². The lowest BCUT2D eigenvalue weighted by atomic mass is 10.1. The molecule has 1 amide bonds. The third kappa shape index (κ3) is 4.18. The highest BCUT2D eigenvalue weighted by Gasteiger charge is 2.16. The van der Waals surface area contributed by atoms with E-state index in [1.807, 2.05) is 12.1 Å². The summed E-state index contributed by atoms with van der Waals surface area (Å²) < 4.78 is 10.7. The Bertz CT molecular complexity index is 487. The van der Waals surface area contributed by atoms with Gasteiger partial charge in [0.2, 0.25) is 0 Å². The van der Waals surface area contributed by atoms with E-state index in [-0.39, 0.29) is 17.5 Å². The molecule has 1 heterocycles. The van der Waals surface area contributed by atoms with Gasteiger partial charge >= 0.3 is 0 Å². The Morgan fingerprint density at radius 2 is 2.30 bits per heavy atom. The van der Waals surface area contributed by atoms with Crippen LogP contribution in [0.1, 0.15) is 12.0 Å². The van der Waals surface area contributed by atoms with Gasteiger partial charge in [-0.05, 0) is 18.6 Å². The van der Waals surface area contributed by atoms with Crippen molar-refractivity contribution in [2.75, 3.05) is 26.4 Å². The molecule has 5 nitrogen and oxygen atoms in total. The maximum Gasteiger partial charge on any atom is 0.257 e. The molecule has 20 heavy (non-hydrogen) atoms. The predicted molar refractivity (Wildman–Crippen MR) is 79.8 cm³/mol. The number of carbonyl (C=O) groups excluding carboxylic acids is 1. The number of thiocarbonyl (C=S) groups is 1. The third-order valence-electron chi connectivity index (χ3n) is 3.12. The first kappa shape index (κ1) is 14.7. The summed E-state index contributed by atoms with van der Waals surface area (Å²) in [4.78, 5) is 12.0. The molecule has 0 aliphatic carbocycles. The van der Waals surface area contributed by atoms with E-state index in [0.29, 0.717) is 30.4 Å². The smallest absolute Gasteiger partial charge is 0.257 e. The molecule has 0 radical (unpaired) electrons. The van der Waals surface area contributed by atoms with Crippen LogP contribution < -0.4 is 15.8 Å². The molecule has 6 heteroatoms. The number of rotatable bonds is 6. The third-order valence-corrected chi connectivity index (χ3v) is 3.34. The molecule has 1 aliphatic rings. The standard InChI is InChI=1S/C14H18N2O3S/c15-14(20)11-3-1-2-4-12(11)19-9-13(17)16-7-10-5-6-18-8-10/h1-4,10H,5-9H2,(H2,15,20)(H,16,17). The summed E-state index contributed by atoms with van der Waals surface area (Å²) in [5, 5.41) is 2.84. The minimum absolute atomic E-state index is 0.0484. The minimum Gasteiger partial charge on any atom is -0.483 e. The maximum atomic E-state index is 11.7. The molecule has 108 valence electrons. The fraction of sp³-hybridized carbons (Fsp3) is 0.429. The quantitative estimate of drug-likeness (QED) is 0.761. The molecule has 0 spiro atoms. The highest BCUT2D eigenvalue weighted by atomic mass is 32.1. The SMILES string of the molecule is NC(=S)c1ccccc1OCC(=O)NCC1CCOC1. The van der Waals surface area contributed by atoms with Gasteiger partial charge in [0.05, 0.1) is 12.2 Å². The van der Waals surface area contributed by atoms with Crippen LogP contribution in [-0.4, -0.2) is 37.3 Å². The molecule has 2 rings (SSSR count). The first-order valence-corrected chi connectivity index (χ1v) is 6.93. The number of nitrogens with two attached hydrogens (primary N) is 1. The summed E-state index contributed by atoms with van der Waals surface area (Å²) in [6.45, 7) is 2.07. The molecule has 1 saturated heterocycles. The second-order valence-corrected chi connectivity index (χ2v) is 5.12. The van der Waals surface area contributed by atoms with Crippen molar-refractivity contribution < 1.29 is 14.3 Å². The molecule has 1 aliphatic heterocycles. The maximum absolute atomic E-state index is 11.7. The van der Waals surface area contributed by atoms with Gasteiger partial charge in [-0.3, -0.25) is 4.79 Å². The second kappa shape index (κ2) is 7.21. The van der Waals surface area contributed by atoms with Crippen LogP contribution in [0.25, 0.3) is 0 Å². The van der Waals surface area contributed by atoms with E-state index in [2.05, 4.69) is 5.32 Å². The summed E-state index contributed by atoms with van der Waals surface area (Å²) in [5.41, 5.74) is 6.24. The number of nitrogens with one attached hydrogen (secondary N) is 1. The molecule has 1 fully saturated rings. The largest absolute Gasteiger partial charge is 0.483 e. The number of ether oxygens (including phenoxy) is 2. The minimum atomic E-state index is -0.158. The average Bonchev–Trinajstić information content (AvgIpc) is 2.96. The number of benzene rings is 1. The van der Waals surface area contributed by atoms with Crippen molar-refractivity contribution in [2.45, 2.75) is 6.42 Å². The number of hydrogen-bond donors (Lipinski definition) is 2. The lowest BCUT2D eigenvalue weighted by Gasteiger charge is -2.12. The van der Waals surface area contributed by atoms with E-state index in [4.69, 9.17) is 27.4 Å². The zero-order valence-corrected chi connectivity index (χ0v) is 11.9. The van der Waals surface area contributed by atoms with Crippen molar-refractivity contribution in [1.82, 2.24) is 5.32 Å². The molecule has 0 aromatic heterocycles. The Hall–Kier alpha value is -1.66. The van der Waals surface area contributed by atoms with Crippen molar-refractivity contribution in [2.24, 2.45) is 11.7 Å².